The number of hydrogen-bond donors (Lipinski definition) is 1. The zero-order valence-corrected chi connectivity index (χ0v) is 16.6. The first-order chi connectivity index (χ1) is 13.5. The fourth-order valence-corrected chi connectivity index (χ4v) is 3.98. The quantitative estimate of drug-likeness (QED) is 0.756. The lowest BCUT2D eigenvalue weighted by atomic mass is 9.94. The van der Waals surface area contributed by atoms with Crippen LogP contribution >= 0.6 is 0 Å². The van der Waals surface area contributed by atoms with Gasteiger partial charge < -0.3 is 10.2 Å². The maximum absolute atomic E-state index is 12.8. The summed E-state index contributed by atoms with van der Waals surface area (Å²) < 4.78 is 1.68. The molecule has 4 rings (SSSR count). The topological polar surface area (TPSA) is 75.4 Å². The molecule has 0 bridgehead atoms. The van der Waals surface area contributed by atoms with Gasteiger partial charge in [0.15, 0.2) is 5.65 Å². The smallest absolute Gasteiger partial charge is 0.223 e. The van der Waals surface area contributed by atoms with Crippen LogP contribution in [0.3, 0.4) is 0 Å². The molecule has 1 aliphatic heterocycles. The lowest BCUT2D eigenvalue weighted by Gasteiger charge is -2.32. The molecule has 0 aliphatic carbocycles. The third-order valence-corrected chi connectivity index (χ3v) is 5.59. The standard InChI is InChI=1S/C21H26N6O/c1-14-4-5-18(15(2)12-14)16(3)23-21(28)17-8-10-26(11-9-17)20-7-6-19-24-22-13-27(19)25-20/h4-7,12-13,16-17H,8-11H2,1-3H3,(H,23,28). The fraction of sp³-hybridized carbons (Fsp3) is 0.429. The average Bonchev–Trinajstić information content (AvgIpc) is 3.15. The van der Waals surface area contributed by atoms with Gasteiger partial charge in [0.2, 0.25) is 5.91 Å². The van der Waals surface area contributed by atoms with Crippen molar-refractivity contribution in [3.63, 3.8) is 0 Å². The third kappa shape index (κ3) is 3.69. The molecule has 1 aliphatic rings. The van der Waals surface area contributed by atoms with E-state index in [0.717, 1.165) is 37.4 Å². The van der Waals surface area contributed by atoms with E-state index in [4.69, 9.17) is 0 Å². The van der Waals surface area contributed by atoms with Gasteiger partial charge in [0, 0.05) is 19.0 Å². The zero-order chi connectivity index (χ0) is 19.7. The van der Waals surface area contributed by atoms with Crippen LogP contribution in [0, 0.1) is 19.8 Å². The highest BCUT2D eigenvalue weighted by atomic mass is 16.1. The molecule has 1 saturated heterocycles. The molecule has 1 atom stereocenters. The number of piperidine rings is 1. The number of fused-ring (bicyclic) bond motifs is 1. The van der Waals surface area contributed by atoms with Crippen molar-refractivity contribution in [3.05, 3.63) is 53.3 Å². The van der Waals surface area contributed by atoms with Gasteiger partial charge in [0.05, 0.1) is 6.04 Å². The minimum Gasteiger partial charge on any atom is -0.355 e. The Morgan fingerprint density at radius 1 is 1.18 bits per heavy atom. The molecule has 2 aromatic heterocycles. The van der Waals surface area contributed by atoms with Crippen molar-refractivity contribution in [2.45, 2.75) is 39.7 Å². The largest absolute Gasteiger partial charge is 0.355 e. The number of anilines is 1. The summed E-state index contributed by atoms with van der Waals surface area (Å²) in [6.07, 6.45) is 3.26. The summed E-state index contributed by atoms with van der Waals surface area (Å²) in [5.74, 6) is 1.09. The van der Waals surface area contributed by atoms with Crippen LogP contribution in [0.1, 0.15) is 42.5 Å². The van der Waals surface area contributed by atoms with Crippen LogP contribution < -0.4 is 10.2 Å². The Bertz CT molecular complexity index is 989. The van der Waals surface area contributed by atoms with Crippen LogP contribution in [0.25, 0.3) is 5.65 Å². The molecule has 0 spiro atoms. The SMILES string of the molecule is Cc1ccc(C(C)NC(=O)C2CCN(c3ccc4nncn4n3)CC2)c(C)c1. The number of amides is 1. The summed E-state index contributed by atoms with van der Waals surface area (Å²) >= 11 is 0. The number of aryl methyl sites for hydroxylation is 2. The molecular weight excluding hydrogens is 352 g/mol. The lowest BCUT2D eigenvalue weighted by Crippen LogP contribution is -2.41. The van der Waals surface area contributed by atoms with Crippen molar-refractivity contribution in [2.24, 2.45) is 5.92 Å². The van der Waals surface area contributed by atoms with Crippen molar-refractivity contribution in [1.82, 2.24) is 25.1 Å². The molecule has 3 aromatic rings. The molecule has 3 heterocycles. The van der Waals surface area contributed by atoms with Crippen LogP contribution in [-0.2, 0) is 4.79 Å². The van der Waals surface area contributed by atoms with Crippen LogP contribution in [-0.4, -0.2) is 38.8 Å². The van der Waals surface area contributed by atoms with Crippen LogP contribution in [0.4, 0.5) is 5.82 Å². The summed E-state index contributed by atoms with van der Waals surface area (Å²) in [7, 11) is 0. The summed E-state index contributed by atoms with van der Waals surface area (Å²) in [6.45, 7) is 7.88. The summed E-state index contributed by atoms with van der Waals surface area (Å²) in [5.41, 5.74) is 4.38. The van der Waals surface area contributed by atoms with Gasteiger partial charge in [-0.2, -0.15) is 4.52 Å². The Kier molecular flexibility index (Phi) is 4.98. The van der Waals surface area contributed by atoms with Crippen molar-refractivity contribution >= 4 is 17.4 Å². The molecule has 0 radical (unpaired) electrons. The number of rotatable bonds is 4. The van der Waals surface area contributed by atoms with E-state index in [2.05, 4.69) is 64.5 Å². The van der Waals surface area contributed by atoms with Crippen LogP contribution in [0.5, 0.6) is 0 Å². The maximum Gasteiger partial charge on any atom is 0.223 e. The van der Waals surface area contributed by atoms with E-state index < -0.39 is 0 Å². The first kappa shape index (κ1) is 18.4. The van der Waals surface area contributed by atoms with Crippen LogP contribution in [0.2, 0.25) is 0 Å². The molecular formula is C21H26N6O. The second-order valence-corrected chi connectivity index (χ2v) is 7.68. The second-order valence-electron chi connectivity index (χ2n) is 7.68. The first-order valence-electron chi connectivity index (χ1n) is 9.81. The predicted octanol–water partition coefficient (Wildman–Crippen LogP) is 2.83. The van der Waals surface area contributed by atoms with Gasteiger partial charge in [0.25, 0.3) is 0 Å². The molecule has 7 nitrogen and oxygen atoms in total. The van der Waals surface area contributed by atoms with E-state index in [-0.39, 0.29) is 17.9 Å². The highest BCUT2D eigenvalue weighted by molar-refractivity contribution is 5.79. The number of nitrogens with zero attached hydrogens (tertiary/aromatic N) is 5. The number of benzene rings is 1. The Morgan fingerprint density at radius 2 is 1.96 bits per heavy atom. The summed E-state index contributed by atoms with van der Waals surface area (Å²) in [5, 5.41) is 15.6. The van der Waals surface area contributed by atoms with E-state index in [1.807, 2.05) is 12.1 Å². The monoisotopic (exact) mass is 378 g/mol. The second kappa shape index (κ2) is 7.58. The van der Waals surface area contributed by atoms with Gasteiger partial charge >= 0.3 is 0 Å². The van der Waals surface area contributed by atoms with E-state index in [9.17, 15) is 4.79 Å². The van der Waals surface area contributed by atoms with E-state index in [1.165, 1.54) is 16.7 Å². The van der Waals surface area contributed by atoms with Crippen molar-refractivity contribution in [3.8, 4) is 0 Å². The van der Waals surface area contributed by atoms with Gasteiger partial charge in [-0.3, -0.25) is 4.79 Å². The van der Waals surface area contributed by atoms with Gasteiger partial charge in [-0.05, 0) is 56.9 Å². The van der Waals surface area contributed by atoms with E-state index in [0.29, 0.717) is 0 Å². The molecule has 146 valence electrons. The third-order valence-electron chi connectivity index (χ3n) is 5.59. The Labute approximate surface area is 164 Å². The Morgan fingerprint density at radius 3 is 2.71 bits per heavy atom. The van der Waals surface area contributed by atoms with Crippen molar-refractivity contribution in [1.29, 1.82) is 0 Å². The number of carbonyl (C=O) groups excluding carboxylic acids is 1. The highest BCUT2D eigenvalue weighted by Gasteiger charge is 2.27. The molecule has 1 amide bonds. The predicted molar refractivity (Wildman–Crippen MR) is 108 cm³/mol. The lowest BCUT2D eigenvalue weighted by molar-refractivity contribution is -0.126. The minimum atomic E-state index is 0.0175. The molecule has 1 N–H and O–H groups in total. The Balaban J connectivity index is 1.35. The number of nitrogens with one attached hydrogen (secondary N) is 1. The van der Waals surface area contributed by atoms with Crippen molar-refractivity contribution < 1.29 is 4.79 Å². The minimum absolute atomic E-state index is 0.0175. The fourth-order valence-electron chi connectivity index (χ4n) is 3.98. The van der Waals surface area contributed by atoms with Gasteiger partial charge in [-0.15, -0.1) is 15.3 Å². The molecule has 1 fully saturated rings. The number of carbonyl (C=O) groups is 1. The summed E-state index contributed by atoms with van der Waals surface area (Å²) in [6, 6.07) is 10.3. The highest BCUT2D eigenvalue weighted by Crippen LogP contribution is 2.24. The molecule has 1 aromatic carbocycles. The maximum atomic E-state index is 12.8. The van der Waals surface area contributed by atoms with Gasteiger partial charge in [0.1, 0.15) is 12.1 Å². The number of aromatic nitrogens is 4. The van der Waals surface area contributed by atoms with Gasteiger partial charge in [-0.1, -0.05) is 23.8 Å². The average molecular weight is 378 g/mol. The first-order valence-corrected chi connectivity index (χ1v) is 9.81. The molecule has 7 heteroatoms. The zero-order valence-electron chi connectivity index (χ0n) is 16.6. The van der Waals surface area contributed by atoms with E-state index >= 15 is 0 Å². The van der Waals surface area contributed by atoms with E-state index in [1.54, 1.807) is 10.8 Å². The molecule has 1 unspecified atom stereocenters. The number of hydrogen-bond acceptors (Lipinski definition) is 5. The summed E-state index contributed by atoms with van der Waals surface area (Å²) in [4.78, 5) is 15.0. The van der Waals surface area contributed by atoms with Crippen LogP contribution in [0.15, 0.2) is 36.7 Å². The molecule has 28 heavy (non-hydrogen) atoms. The normalized spacial score (nSPS) is 16.3. The Hall–Kier alpha value is -2.96. The van der Waals surface area contributed by atoms with Gasteiger partial charge in [-0.25, -0.2) is 0 Å². The van der Waals surface area contributed by atoms with Crippen molar-refractivity contribution in [2.75, 3.05) is 18.0 Å². The molecule has 0 saturated carbocycles.